The van der Waals surface area contributed by atoms with Crippen LogP contribution in [0.15, 0.2) is 18.3 Å². The maximum Gasteiger partial charge on any atom is 0.173 e. The van der Waals surface area contributed by atoms with E-state index in [1.54, 1.807) is 16.7 Å². The Morgan fingerprint density at radius 2 is 2.25 bits per heavy atom. The van der Waals surface area contributed by atoms with Crippen molar-refractivity contribution in [2.75, 3.05) is 0 Å². The van der Waals surface area contributed by atoms with E-state index in [1.807, 2.05) is 6.92 Å². The fourth-order valence-electron chi connectivity index (χ4n) is 1.21. The highest BCUT2D eigenvalue weighted by Crippen LogP contribution is 2.11. The van der Waals surface area contributed by atoms with Gasteiger partial charge >= 0.3 is 0 Å². The Labute approximate surface area is 69.7 Å². The second kappa shape index (κ2) is 2.30. The average molecular weight is 163 g/mol. The number of imidazole rings is 1. The van der Waals surface area contributed by atoms with Crippen LogP contribution < -0.4 is 0 Å². The zero-order valence-corrected chi connectivity index (χ0v) is 6.71. The minimum Gasteiger partial charge on any atom is -0.301 e. The molecule has 0 bridgehead atoms. The van der Waals surface area contributed by atoms with Gasteiger partial charge < -0.3 is 4.40 Å². The molecule has 2 nitrogen and oxygen atoms in total. The number of fused-ring (bicyclic) bond motifs is 1. The molecule has 12 heavy (non-hydrogen) atoms. The normalized spacial score (nSPS) is 10.9. The third kappa shape index (κ3) is 0.897. The largest absolute Gasteiger partial charge is 0.301 e. The number of pyridine rings is 1. The van der Waals surface area contributed by atoms with E-state index < -0.39 is 0 Å². The van der Waals surface area contributed by atoms with E-state index in [-0.39, 0.29) is 5.82 Å². The van der Waals surface area contributed by atoms with E-state index in [2.05, 4.69) is 11.9 Å². The molecule has 0 unspecified atom stereocenters. The average Bonchev–Trinajstić information content (AvgIpc) is 2.41. The standard InChI is InChI=1S/C9H8FN2/c1-6-5-12-7(2)3-4-8(10)9(12)11-6/h3-5H,2H2,1H3. The number of aryl methyl sites for hydroxylation is 1. The Balaban J connectivity index is 2.93. The molecule has 0 amide bonds. The van der Waals surface area contributed by atoms with E-state index in [0.717, 1.165) is 11.4 Å². The SMILES string of the molecule is [CH2]c1ccc(F)c2nc(C)cn12. The van der Waals surface area contributed by atoms with Crippen LogP contribution in [0.3, 0.4) is 0 Å². The van der Waals surface area contributed by atoms with Gasteiger partial charge in [0.1, 0.15) is 0 Å². The fourth-order valence-corrected chi connectivity index (χ4v) is 1.21. The van der Waals surface area contributed by atoms with Gasteiger partial charge in [0, 0.05) is 11.9 Å². The van der Waals surface area contributed by atoms with Crippen LogP contribution in [0.25, 0.3) is 5.65 Å². The van der Waals surface area contributed by atoms with E-state index in [4.69, 9.17) is 0 Å². The van der Waals surface area contributed by atoms with Gasteiger partial charge in [-0.1, -0.05) is 0 Å². The summed E-state index contributed by atoms with van der Waals surface area (Å²) in [5.74, 6) is -0.310. The first kappa shape index (κ1) is 7.28. The summed E-state index contributed by atoms with van der Waals surface area (Å²) in [6.07, 6.45) is 1.76. The Bertz CT molecular complexity index is 392. The van der Waals surface area contributed by atoms with Crippen molar-refractivity contribution in [3.63, 3.8) is 0 Å². The van der Waals surface area contributed by atoms with Crippen molar-refractivity contribution in [2.45, 2.75) is 6.92 Å². The minimum absolute atomic E-state index is 0.310. The molecule has 0 atom stereocenters. The smallest absolute Gasteiger partial charge is 0.173 e. The summed E-state index contributed by atoms with van der Waals surface area (Å²) in [4.78, 5) is 4.02. The maximum atomic E-state index is 13.1. The van der Waals surface area contributed by atoms with E-state index >= 15 is 0 Å². The highest BCUT2D eigenvalue weighted by atomic mass is 19.1. The molecule has 0 aliphatic rings. The first-order chi connectivity index (χ1) is 5.68. The zero-order valence-electron chi connectivity index (χ0n) is 6.71. The summed E-state index contributed by atoms with van der Waals surface area (Å²) in [5, 5.41) is 0. The summed E-state index contributed by atoms with van der Waals surface area (Å²) < 4.78 is 14.7. The van der Waals surface area contributed by atoms with Gasteiger partial charge in [0.15, 0.2) is 11.5 Å². The second-order valence-electron chi connectivity index (χ2n) is 2.75. The molecule has 2 aromatic rings. The highest BCUT2D eigenvalue weighted by Gasteiger charge is 2.04. The third-order valence-electron chi connectivity index (χ3n) is 1.77. The predicted octanol–water partition coefficient (Wildman–Crippen LogP) is 1.96. The molecule has 0 spiro atoms. The van der Waals surface area contributed by atoms with E-state index in [0.29, 0.717) is 5.65 Å². The van der Waals surface area contributed by atoms with Crippen molar-refractivity contribution in [1.29, 1.82) is 0 Å². The molecule has 0 aromatic carbocycles. The number of hydrogen-bond donors (Lipinski definition) is 0. The molecule has 61 valence electrons. The van der Waals surface area contributed by atoms with Gasteiger partial charge in [-0.05, 0) is 26.0 Å². The number of aromatic nitrogens is 2. The molecular weight excluding hydrogens is 155 g/mol. The molecule has 0 saturated carbocycles. The third-order valence-corrected chi connectivity index (χ3v) is 1.77. The quantitative estimate of drug-likeness (QED) is 0.580. The van der Waals surface area contributed by atoms with Crippen LogP contribution in [0.5, 0.6) is 0 Å². The number of halogens is 1. The van der Waals surface area contributed by atoms with Crippen LogP contribution in [0.1, 0.15) is 11.4 Å². The summed E-state index contributed by atoms with van der Waals surface area (Å²) in [5.41, 5.74) is 1.89. The molecule has 1 radical (unpaired) electrons. The molecule has 0 aliphatic carbocycles. The van der Waals surface area contributed by atoms with Gasteiger partial charge in [-0.3, -0.25) is 0 Å². The monoisotopic (exact) mass is 163 g/mol. The lowest BCUT2D eigenvalue weighted by Gasteiger charge is -1.97. The lowest BCUT2D eigenvalue weighted by molar-refractivity contribution is 0.629. The molecule has 0 N–H and O–H groups in total. The molecule has 0 saturated heterocycles. The lowest BCUT2D eigenvalue weighted by Crippen LogP contribution is -1.91. The summed E-state index contributed by atoms with van der Waals surface area (Å²) in [7, 11) is 0. The summed E-state index contributed by atoms with van der Waals surface area (Å²) in [6.45, 7) is 5.58. The number of nitrogens with zero attached hydrogens (tertiary/aromatic N) is 2. The lowest BCUT2D eigenvalue weighted by atomic mass is 10.3. The van der Waals surface area contributed by atoms with Crippen LogP contribution in [0.2, 0.25) is 0 Å². The topological polar surface area (TPSA) is 17.3 Å². The number of rotatable bonds is 0. The van der Waals surface area contributed by atoms with Gasteiger partial charge in [0.25, 0.3) is 0 Å². The van der Waals surface area contributed by atoms with Crippen LogP contribution >= 0.6 is 0 Å². The minimum atomic E-state index is -0.310. The van der Waals surface area contributed by atoms with Crippen molar-refractivity contribution in [3.05, 3.63) is 42.5 Å². The molecular formula is C9H8FN2. The number of hydrogen-bond acceptors (Lipinski definition) is 1. The van der Waals surface area contributed by atoms with Gasteiger partial charge in [-0.25, -0.2) is 9.37 Å². The summed E-state index contributed by atoms with van der Waals surface area (Å²) in [6, 6.07) is 3.01. The second-order valence-corrected chi connectivity index (χ2v) is 2.75. The van der Waals surface area contributed by atoms with Crippen molar-refractivity contribution in [1.82, 2.24) is 9.38 Å². The Morgan fingerprint density at radius 1 is 1.50 bits per heavy atom. The molecule has 2 heterocycles. The zero-order chi connectivity index (χ0) is 8.72. The molecule has 2 aromatic heterocycles. The molecule has 2 rings (SSSR count). The van der Waals surface area contributed by atoms with Crippen molar-refractivity contribution < 1.29 is 4.39 Å². The predicted molar refractivity (Wildman–Crippen MR) is 44.3 cm³/mol. The van der Waals surface area contributed by atoms with Crippen molar-refractivity contribution in [2.24, 2.45) is 0 Å². The first-order valence-corrected chi connectivity index (χ1v) is 3.64. The first-order valence-electron chi connectivity index (χ1n) is 3.64. The fraction of sp³-hybridized carbons (Fsp3) is 0.111. The van der Waals surface area contributed by atoms with Gasteiger partial charge in [-0.15, -0.1) is 0 Å². The molecule has 0 aliphatic heterocycles. The Kier molecular flexibility index (Phi) is 1.40. The van der Waals surface area contributed by atoms with Gasteiger partial charge in [-0.2, -0.15) is 0 Å². The molecule has 0 fully saturated rings. The Morgan fingerprint density at radius 3 is 2.92 bits per heavy atom. The van der Waals surface area contributed by atoms with Crippen molar-refractivity contribution >= 4 is 5.65 Å². The summed E-state index contributed by atoms with van der Waals surface area (Å²) >= 11 is 0. The Hall–Kier alpha value is -1.38. The maximum absolute atomic E-state index is 13.1. The van der Waals surface area contributed by atoms with Gasteiger partial charge in [0.2, 0.25) is 0 Å². The molecule has 3 heteroatoms. The van der Waals surface area contributed by atoms with Crippen LogP contribution in [-0.4, -0.2) is 9.38 Å². The van der Waals surface area contributed by atoms with Crippen LogP contribution in [0, 0.1) is 19.7 Å². The van der Waals surface area contributed by atoms with E-state index in [9.17, 15) is 4.39 Å². The highest BCUT2D eigenvalue weighted by molar-refractivity contribution is 5.43. The van der Waals surface area contributed by atoms with Crippen LogP contribution in [-0.2, 0) is 0 Å². The van der Waals surface area contributed by atoms with Crippen LogP contribution in [0.4, 0.5) is 4.39 Å². The van der Waals surface area contributed by atoms with Gasteiger partial charge in [0.05, 0.1) is 5.69 Å². The van der Waals surface area contributed by atoms with Crippen molar-refractivity contribution in [3.8, 4) is 0 Å². The van der Waals surface area contributed by atoms with E-state index in [1.165, 1.54) is 6.07 Å².